The number of allylic oxidation sites excluding steroid dienone is 1. The zero-order chi connectivity index (χ0) is 23.1. The van der Waals surface area contributed by atoms with E-state index in [1.165, 1.54) is 11.1 Å². The van der Waals surface area contributed by atoms with E-state index in [9.17, 15) is 4.79 Å². The molecule has 32 heavy (non-hydrogen) atoms. The second-order valence-electron chi connectivity index (χ2n) is 8.21. The summed E-state index contributed by atoms with van der Waals surface area (Å²) in [6, 6.07) is 19.9. The van der Waals surface area contributed by atoms with Crippen molar-refractivity contribution in [1.29, 1.82) is 0 Å². The molecule has 0 amide bonds. The number of hydrogen-bond donors (Lipinski definition) is 0. The van der Waals surface area contributed by atoms with E-state index in [2.05, 4.69) is 36.9 Å². The van der Waals surface area contributed by atoms with Gasteiger partial charge in [0.2, 0.25) is 0 Å². The lowest BCUT2D eigenvalue weighted by molar-refractivity contribution is 0.104. The minimum atomic E-state index is -0.0908. The fourth-order valence-electron chi connectivity index (χ4n) is 3.48. The molecule has 0 N–H and O–H groups in total. The first-order valence-electron chi connectivity index (χ1n) is 10.7. The van der Waals surface area contributed by atoms with Crippen LogP contribution < -0.4 is 9.47 Å². The van der Waals surface area contributed by atoms with E-state index >= 15 is 0 Å². The minimum Gasteiger partial charge on any atom is -0.497 e. The molecule has 0 saturated carbocycles. The number of likely N-dealkylation sites (N-methyl/N-ethyl adjacent to an activating group) is 1. The molecule has 0 unspecified atom stereocenters. The molecule has 0 aromatic heterocycles. The quantitative estimate of drug-likeness (QED) is 0.318. The van der Waals surface area contributed by atoms with Crippen molar-refractivity contribution in [3.63, 3.8) is 0 Å². The largest absolute Gasteiger partial charge is 0.497 e. The molecule has 0 fully saturated rings. The number of benzene rings is 3. The molecule has 166 valence electrons. The molecule has 0 heterocycles. The van der Waals surface area contributed by atoms with E-state index in [-0.39, 0.29) is 5.78 Å². The normalized spacial score (nSPS) is 11.2. The molecule has 3 aromatic rings. The highest BCUT2D eigenvalue weighted by Crippen LogP contribution is 2.29. The fourth-order valence-corrected chi connectivity index (χ4v) is 3.48. The van der Waals surface area contributed by atoms with Gasteiger partial charge in [-0.2, -0.15) is 0 Å². The van der Waals surface area contributed by atoms with Gasteiger partial charge in [0.1, 0.15) is 18.1 Å². The van der Waals surface area contributed by atoms with Crippen LogP contribution in [0.4, 0.5) is 0 Å². The topological polar surface area (TPSA) is 38.8 Å². The van der Waals surface area contributed by atoms with E-state index in [1.54, 1.807) is 13.2 Å². The van der Waals surface area contributed by atoms with Gasteiger partial charge in [-0.3, -0.25) is 4.79 Å². The molecule has 4 nitrogen and oxygen atoms in total. The summed E-state index contributed by atoms with van der Waals surface area (Å²) in [5.41, 5.74) is 5.97. The third-order valence-electron chi connectivity index (χ3n) is 5.14. The predicted molar refractivity (Wildman–Crippen MR) is 132 cm³/mol. The highest BCUT2D eigenvalue weighted by molar-refractivity contribution is 6.09. The highest BCUT2D eigenvalue weighted by atomic mass is 16.5. The zero-order valence-electron chi connectivity index (χ0n) is 19.5. The Bertz CT molecular complexity index is 1080. The van der Waals surface area contributed by atoms with Crippen molar-refractivity contribution in [1.82, 2.24) is 4.90 Å². The Labute approximate surface area is 191 Å². The number of carbonyl (C=O) groups excluding carboxylic acids is 1. The van der Waals surface area contributed by atoms with E-state index in [0.717, 1.165) is 29.0 Å². The van der Waals surface area contributed by atoms with Crippen molar-refractivity contribution in [2.75, 3.05) is 34.4 Å². The molecular formula is C28H31NO3. The fraction of sp³-hybridized carbons (Fsp3) is 0.250. The number of hydrogen-bond acceptors (Lipinski definition) is 4. The summed E-state index contributed by atoms with van der Waals surface area (Å²) >= 11 is 0. The predicted octanol–water partition coefficient (Wildman–Crippen LogP) is 5.82. The molecular weight excluding hydrogens is 398 g/mol. The van der Waals surface area contributed by atoms with Crippen LogP contribution >= 0.6 is 0 Å². The Balaban J connectivity index is 1.92. The van der Waals surface area contributed by atoms with Crippen LogP contribution in [0.2, 0.25) is 0 Å². The molecule has 0 bridgehead atoms. The molecule has 0 saturated heterocycles. The van der Waals surface area contributed by atoms with Crippen LogP contribution in [0.5, 0.6) is 11.5 Å². The van der Waals surface area contributed by atoms with Crippen LogP contribution in [0.25, 0.3) is 17.2 Å². The summed E-state index contributed by atoms with van der Waals surface area (Å²) in [4.78, 5) is 15.2. The number of ketones is 1. The van der Waals surface area contributed by atoms with E-state index in [1.807, 2.05) is 62.6 Å². The van der Waals surface area contributed by atoms with Crippen molar-refractivity contribution in [2.45, 2.75) is 13.8 Å². The summed E-state index contributed by atoms with van der Waals surface area (Å²) in [6.07, 6.45) is 3.41. The minimum absolute atomic E-state index is 0.0908. The summed E-state index contributed by atoms with van der Waals surface area (Å²) in [5.74, 6) is 1.29. The molecule has 0 aliphatic carbocycles. The van der Waals surface area contributed by atoms with Crippen molar-refractivity contribution in [3.05, 3.63) is 89.0 Å². The van der Waals surface area contributed by atoms with Crippen LogP contribution in [-0.4, -0.2) is 45.0 Å². The summed E-state index contributed by atoms with van der Waals surface area (Å²) in [5, 5.41) is 0. The van der Waals surface area contributed by atoms with Crippen molar-refractivity contribution in [2.24, 2.45) is 0 Å². The van der Waals surface area contributed by atoms with E-state index in [4.69, 9.17) is 9.47 Å². The van der Waals surface area contributed by atoms with Crippen LogP contribution in [0, 0.1) is 13.8 Å². The zero-order valence-corrected chi connectivity index (χ0v) is 19.5. The van der Waals surface area contributed by atoms with Crippen LogP contribution in [0.3, 0.4) is 0 Å². The molecule has 3 rings (SSSR count). The van der Waals surface area contributed by atoms with Gasteiger partial charge in [-0.05, 0) is 75.0 Å². The maximum Gasteiger partial charge on any atom is 0.189 e. The first kappa shape index (κ1) is 23.3. The lowest BCUT2D eigenvalue weighted by Gasteiger charge is -2.14. The highest BCUT2D eigenvalue weighted by Gasteiger charge is 2.13. The van der Waals surface area contributed by atoms with Crippen molar-refractivity contribution < 1.29 is 14.3 Å². The Morgan fingerprint density at radius 2 is 1.59 bits per heavy atom. The van der Waals surface area contributed by atoms with Gasteiger partial charge in [0.05, 0.1) is 12.7 Å². The maximum atomic E-state index is 13.2. The first-order valence-corrected chi connectivity index (χ1v) is 10.7. The molecule has 0 aliphatic heterocycles. The van der Waals surface area contributed by atoms with Crippen LogP contribution in [-0.2, 0) is 0 Å². The summed E-state index contributed by atoms with van der Waals surface area (Å²) < 4.78 is 11.2. The molecule has 0 aliphatic rings. The Hall–Kier alpha value is -3.37. The van der Waals surface area contributed by atoms with Crippen LogP contribution in [0.1, 0.15) is 27.0 Å². The van der Waals surface area contributed by atoms with E-state index in [0.29, 0.717) is 17.9 Å². The van der Waals surface area contributed by atoms with Crippen LogP contribution in [0.15, 0.2) is 66.7 Å². The van der Waals surface area contributed by atoms with Gasteiger partial charge >= 0.3 is 0 Å². The van der Waals surface area contributed by atoms with Gasteiger partial charge < -0.3 is 14.4 Å². The Kier molecular flexibility index (Phi) is 7.85. The smallest absolute Gasteiger partial charge is 0.189 e. The number of aryl methyl sites for hydroxylation is 2. The molecule has 0 spiro atoms. The van der Waals surface area contributed by atoms with Gasteiger partial charge in [0.25, 0.3) is 0 Å². The third-order valence-corrected chi connectivity index (χ3v) is 5.14. The second kappa shape index (κ2) is 10.8. The molecule has 3 aromatic carbocycles. The van der Waals surface area contributed by atoms with Gasteiger partial charge in [0.15, 0.2) is 5.78 Å². The number of rotatable bonds is 9. The number of carbonyl (C=O) groups is 1. The summed E-state index contributed by atoms with van der Waals surface area (Å²) in [6.45, 7) is 5.45. The van der Waals surface area contributed by atoms with Gasteiger partial charge in [0, 0.05) is 6.54 Å². The lowest BCUT2D eigenvalue weighted by Crippen LogP contribution is -2.20. The van der Waals surface area contributed by atoms with Gasteiger partial charge in [-0.15, -0.1) is 0 Å². The second-order valence-corrected chi connectivity index (χ2v) is 8.21. The third kappa shape index (κ3) is 6.32. The molecule has 4 heteroatoms. The Morgan fingerprint density at radius 1 is 0.906 bits per heavy atom. The number of nitrogens with zero attached hydrogens (tertiary/aromatic N) is 1. The van der Waals surface area contributed by atoms with E-state index < -0.39 is 0 Å². The summed E-state index contributed by atoms with van der Waals surface area (Å²) in [7, 11) is 5.63. The standard InChI is InChI=1S/C28H31NO3/c1-20-16-21(2)18-24(17-20)23-9-13-28(32-15-14-29(3)4)26(19-23)27(30)12-8-22-6-10-25(31-5)11-7-22/h6-13,16-19H,14-15H2,1-5H3/b12-8+. The first-order chi connectivity index (χ1) is 15.4. The average molecular weight is 430 g/mol. The SMILES string of the molecule is COc1ccc(/C=C/C(=O)c2cc(-c3cc(C)cc(C)c3)ccc2OCCN(C)C)cc1. The van der Waals surface area contributed by atoms with Gasteiger partial charge in [-0.25, -0.2) is 0 Å². The number of ether oxygens (including phenoxy) is 2. The maximum absolute atomic E-state index is 13.2. The molecule has 0 atom stereocenters. The average Bonchev–Trinajstić information content (AvgIpc) is 2.77. The Morgan fingerprint density at radius 3 is 2.22 bits per heavy atom. The van der Waals surface area contributed by atoms with Crippen molar-refractivity contribution in [3.8, 4) is 22.6 Å². The monoisotopic (exact) mass is 429 g/mol. The van der Waals surface area contributed by atoms with Gasteiger partial charge in [-0.1, -0.05) is 53.6 Å². The molecule has 0 radical (unpaired) electrons. The number of methoxy groups -OCH3 is 1. The lowest BCUT2D eigenvalue weighted by atomic mass is 9.97. The van der Waals surface area contributed by atoms with Crippen molar-refractivity contribution >= 4 is 11.9 Å².